The second-order valence-electron chi connectivity index (χ2n) is 2.63. The summed E-state index contributed by atoms with van der Waals surface area (Å²) in [5, 5.41) is 7.39. The van der Waals surface area contributed by atoms with Gasteiger partial charge in [0.1, 0.15) is 5.84 Å². The first-order chi connectivity index (χ1) is 5.33. The molecule has 1 aliphatic rings. The quantitative estimate of drug-likeness (QED) is 0.547. The summed E-state index contributed by atoms with van der Waals surface area (Å²) in [6.07, 6.45) is 5.62. The van der Waals surface area contributed by atoms with E-state index in [1.54, 1.807) is 13.3 Å². The van der Waals surface area contributed by atoms with Crippen LogP contribution in [0.4, 0.5) is 0 Å². The van der Waals surface area contributed by atoms with Crippen molar-refractivity contribution >= 4 is 17.8 Å². The molecule has 0 unspecified atom stereocenters. The van der Waals surface area contributed by atoms with E-state index in [9.17, 15) is 0 Å². The number of hydrogen-bond donors (Lipinski definition) is 1. The SMILES string of the molecule is CN=C1CCCCC(=N)C=N1. The molecule has 60 valence electrons. The van der Waals surface area contributed by atoms with Gasteiger partial charge in [-0.15, -0.1) is 0 Å². The molecule has 0 spiro atoms. The minimum atomic E-state index is 0.617. The molecule has 0 aromatic rings. The molecule has 3 nitrogen and oxygen atoms in total. The van der Waals surface area contributed by atoms with Gasteiger partial charge in [0.25, 0.3) is 0 Å². The number of nitrogens with one attached hydrogen (secondary N) is 1. The molecule has 1 rings (SSSR count). The lowest BCUT2D eigenvalue weighted by Crippen LogP contribution is -2.05. The summed E-state index contributed by atoms with van der Waals surface area (Å²) in [6, 6.07) is 0. The van der Waals surface area contributed by atoms with E-state index in [0.717, 1.165) is 31.5 Å². The van der Waals surface area contributed by atoms with Gasteiger partial charge in [-0.25, -0.2) is 4.99 Å². The highest BCUT2D eigenvalue weighted by Gasteiger charge is 2.01. The third-order valence-electron chi connectivity index (χ3n) is 1.72. The standard InChI is InChI=1S/C8H13N3/c1-10-8-5-3-2-4-7(9)6-11-8/h6,9H,2-5H2,1H3. The van der Waals surface area contributed by atoms with Crippen molar-refractivity contribution in [1.29, 1.82) is 5.41 Å². The van der Waals surface area contributed by atoms with Gasteiger partial charge in [-0.05, 0) is 19.3 Å². The van der Waals surface area contributed by atoms with Gasteiger partial charge in [0.15, 0.2) is 0 Å². The molecule has 0 bridgehead atoms. The summed E-state index contributed by atoms with van der Waals surface area (Å²) in [5.74, 6) is 0.870. The molecule has 0 saturated heterocycles. The molecule has 0 amide bonds. The second-order valence-corrected chi connectivity index (χ2v) is 2.63. The molecular weight excluding hydrogens is 138 g/mol. The van der Waals surface area contributed by atoms with Crippen LogP contribution in [0.2, 0.25) is 0 Å². The summed E-state index contributed by atoms with van der Waals surface area (Å²) in [6.45, 7) is 0. The molecule has 0 fully saturated rings. The van der Waals surface area contributed by atoms with E-state index in [0.29, 0.717) is 5.71 Å². The van der Waals surface area contributed by atoms with Crippen LogP contribution in [0.15, 0.2) is 9.98 Å². The molecule has 0 radical (unpaired) electrons. The number of nitrogens with zero attached hydrogens (tertiary/aromatic N) is 2. The minimum absolute atomic E-state index is 0.617. The van der Waals surface area contributed by atoms with Crippen LogP contribution in [0.25, 0.3) is 0 Å². The van der Waals surface area contributed by atoms with Gasteiger partial charge >= 0.3 is 0 Å². The zero-order chi connectivity index (χ0) is 8.10. The lowest BCUT2D eigenvalue weighted by atomic mass is 10.1. The van der Waals surface area contributed by atoms with Crippen LogP contribution in [0, 0.1) is 5.41 Å². The van der Waals surface area contributed by atoms with Crippen molar-refractivity contribution in [2.24, 2.45) is 9.98 Å². The minimum Gasteiger partial charge on any atom is -0.304 e. The largest absolute Gasteiger partial charge is 0.304 e. The molecule has 1 aliphatic heterocycles. The Morgan fingerprint density at radius 1 is 1.45 bits per heavy atom. The van der Waals surface area contributed by atoms with Crippen molar-refractivity contribution in [2.75, 3.05) is 7.05 Å². The molecule has 0 atom stereocenters. The highest BCUT2D eigenvalue weighted by molar-refractivity contribution is 6.31. The fourth-order valence-electron chi connectivity index (χ4n) is 1.05. The summed E-state index contributed by atoms with van der Waals surface area (Å²) in [4.78, 5) is 8.09. The zero-order valence-corrected chi connectivity index (χ0v) is 6.80. The number of rotatable bonds is 0. The maximum Gasteiger partial charge on any atom is 0.123 e. The van der Waals surface area contributed by atoms with Gasteiger partial charge < -0.3 is 5.41 Å². The summed E-state index contributed by atoms with van der Waals surface area (Å²) in [5.41, 5.74) is 0.617. The Labute approximate surface area is 66.8 Å². The summed E-state index contributed by atoms with van der Waals surface area (Å²) < 4.78 is 0. The van der Waals surface area contributed by atoms with Crippen LogP contribution in [0.1, 0.15) is 25.7 Å². The molecule has 3 heteroatoms. The molecule has 0 aromatic heterocycles. The Hall–Kier alpha value is -0.990. The number of aliphatic imine (C=N–C) groups is 2. The van der Waals surface area contributed by atoms with E-state index < -0.39 is 0 Å². The van der Waals surface area contributed by atoms with Gasteiger partial charge in [-0.1, -0.05) is 0 Å². The Bertz CT molecular complexity index is 203. The van der Waals surface area contributed by atoms with Crippen molar-refractivity contribution in [3.05, 3.63) is 0 Å². The van der Waals surface area contributed by atoms with Crippen LogP contribution in [0.3, 0.4) is 0 Å². The van der Waals surface area contributed by atoms with E-state index in [4.69, 9.17) is 5.41 Å². The topological polar surface area (TPSA) is 48.6 Å². The van der Waals surface area contributed by atoms with Crippen LogP contribution in [-0.2, 0) is 0 Å². The lowest BCUT2D eigenvalue weighted by Gasteiger charge is -2.04. The highest BCUT2D eigenvalue weighted by atomic mass is 14.9. The molecule has 1 N–H and O–H groups in total. The van der Waals surface area contributed by atoms with Crippen molar-refractivity contribution in [3.8, 4) is 0 Å². The maximum atomic E-state index is 7.39. The van der Waals surface area contributed by atoms with Crippen LogP contribution < -0.4 is 0 Å². The Kier molecular flexibility index (Phi) is 2.95. The predicted molar refractivity (Wildman–Crippen MR) is 48.0 cm³/mol. The number of hydrogen-bond acceptors (Lipinski definition) is 2. The summed E-state index contributed by atoms with van der Waals surface area (Å²) >= 11 is 0. The Morgan fingerprint density at radius 3 is 2.91 bits per heavy atom. The number of amidine groups is 1. The van der Waals surface area contributed by atoms with Gasteiger partial charge in [-0.2, -0.15) is 0 Å². The monoisotopic (exact) mass is 151 g/mol. The van der Waals surface area contributed by atoms with Crippen LogP contribution in [0.5, 0.6) is 0 Å². The van der Waals surface area contributed by atoms with Crippen molar-refractivity contribution < 1.29 is 0 Å². The first-order valence-electron chi connectivity index (χ1n) is 3.90. The molecule has 0 saturated carbocycles. The first kappa shape index (κ1) is 8.11. The zero-order valence-electron chi connectivity index (χ0n) is 6.80. The molecule has 11 heavy (non-hydrogen) atoms. The normalized spacial score (nSPS) is 23.4. The van der Waals surface area contributed by atoms with E-state index in [1.165, 1.54) is 0 Å². The highest BCUT2D eigenvalue weighted by Crippen LogP contribution is 2.05. The first-order valence-corrected chi connectivity index (χ1v) is 3.90. The van der Waals surface area contributed by atoms with Crippen LogP contribution >= 0.6 is 0 Å². The smallest absolute Gasteiger partial charge is 0.123 e. The van der Waals surface area contributed by atoms with E-state index in [-0.39, 0.29) is 0 Å². The van der Waals surface area contributed by atoms with Crippen LogP contribution in [-0.4, -0.2) is 24.8 Å². The van der Waals surface area contributed by atoms with Crippen molar-refractivity contribution in [3.63, 3.8) is 0 Å². The average Bonchev–Trinajstić information content (AvgIpc) is 1.98. The van der Waals surface area contributed by atoms with Gasteiger partial charge in [0, 0.05) is 25.4 Å². The van der Waals surface area contributed by atoms with E-state index in [1.807, 2.05) is 0 Å². The molecular formula is C8H13N3. The lowest BCUT2D eigenvalue weighted by molar-refractivity contribution is 0.789. The van der Waals surface area contributed by atoms with Crippen molar-refractivity contribution in [2.45, 2.75) is 25.7 Å². The van der Waals surface area contributed by atoms with Gasteiger partial charge in [0.2, 0.25) is 0 Å². The average molecular weight is 151 g/mol. The molecule has 0 aromatic carbocycles. The second kappa shape index (κ2) is 4.01. The maximum absolute atomic E-state index is 7.39. The Morgan fingerprint density at radius 2 is 2.18 bits per heavy atom. The fourth-order valence-corrected chi connectivity index (χ4v) is 1.05. The predicted octanol–water partition coefficient (Wildman–Crippen LogP) is 1.68. The van der Waals surface area contributed by atoms with E-state index in [2.05, 4.69) is 9.98 Å². The van der Waals surface area contributed by atoms with E-state index >= 15 is 0 Å². The third kappa shape index (κ3) is 2.62. The third-order valence-corrected chi connectivity index (χ3v) is 1.72. The summed E-state index contributed by atoms with van der Waals surface area (Å²) in [7, 11) is 1.75. The van der Waals surface area contributed by atoms with Crippen molar-refractivity contribution in [1.82, 2.24) is 0 Å². The van der Waals surface area contributed by atoms with Gasteiger partial charge in [0.05, 0.1) is 0 Å². The molecule has 1 heterocycles. The Balaban J connectivity index is 2.65. The fraction of sp³-hybridized carbons (Fsp3) is 0.625. The molecule has 0 aliphatic carbocycles. The van der Waals surface area contributed by atoms with Gasteiger partial charge in [-0.3, -0.25) is 4.99 Å².